The molecule has 156 valence electrons. The van der Waals surface area contributed by atoms with E-state index in [9.17, 15) is 9.18 Å². The van der Waals surface area contributed by atoms with E-state index in [0.29, 0.717) is 17.1 Å². The quantitative estimate of drug-likeness (QED) is 0.690. The molecular formula is C21H22ClFN6O. The molecule has 1 aromatic carbocycles. The number of piperazine rings is 1. The second kappa shape index (κ2) is 8.41. The van der Waals surface area contributed by atoms with Crippen LogP contribution in [0, 0.1) is 12.7 Å². The molecule has 1 aliphatic heterocycles. The van der Waals surface area contributed by atoms with Gasteiger partial charge in [0.1, 0.15) is 22.4 Å². The molecule has 0 spiro atoms. The van der Waals surface area contributed by atoms with Crippen molar-refractivity contribution in [2.45, 2.75) is 6.92 Å². The maximum Gasteiger partial charge on any atom is 0.260 e. The molecule has 1 fully saturated rings. The molecule has 4 rings (SSSR count). The number of hydrogen-bond donors (Lipinski definition) is 1. The lowest BCUT2D eigenvalue weighted by Crippen LogP contribution is -2.44. The van der Waals surface area contributed by atoms with E-state index in [0.717, 1.165) is 32.0 Å². The molecule has 3 aromatic rings. The monoisotopic (exact) mass is 428 g/mol. The summed E-state index contributed by atoms with van der Waals surface area (Å²) in [6, 6.07) is 9.46. The van der Waals surface area contributed by atoms with Gasteiger partial charge in [-0.1, -0.05) is 11.6 Å². The first-order chi connectivity index (χ1) is 14.4. The van der Waals surface area contributed by atoms with Gasteiger partial charge >= 0.3 is 0 Å². The maximum atomic E-state index is 13.2. The number of hydrogen-bond acceptors (Lipinski definition) is 5. The van der Waals surface area contributed by atoms with E-state index in [-0.39, 0.29) is 22.4 Å². The summed E-state index contributed by atoms with van der Waals surface area (Å²) in [6.45, 7) is 5.54. The summed E-state index contributed by atoms with van der Waals surface area (Å²) in [4.78, 5) is 21.8. The maximum absolute atomic E-state index is 13.2. The zero-order valence-corrected chi connectivity index (χ0v) is 17.5. The lowest BCUT2D eigenvalue weighted by atomic mass is 10.2. The summed E-state index contributed by atoms with van der Waals surface area (Å²) in [5.74, 6) is 0.156. The van der Waals surface area contributed by atoms with Crippen molar-refractivity contribution in [1.29, 1.82) is 0 Å². The fourth-order valence-electron chi connectivity index (χ4n) is 3.39. The van der Waals surface area contributed by atoms with Crippen LogP contribution in [0.2, 0.25) is 5.15 Å². The van der Waals surface area contributed by atoms with Gasteiger partial charge in [-0.3, -0.25) is 4.79 Å². The SMILES string of the molecule is Cc1nn(-c2ccc(F)cc2)c(Cl)c1C(=O)Nc1ccc(N2CCN(C)CC2)nc1. The van der Waals surface area contributed by atoms with Gasteiger partial charge in [0.15, 0.2) is 0 Å². The molecule has 1 aliphatic rings. The number of benzene rings is 1. The van der Waals surface area contributed by atoms with Crippen molar-refractivity contribution < 1.29 is 9.18 Å². The molecule has 7 nitrogen and oxygen atoms in total. The van der Waals surface area contributed by atoms with Gasteiger partial charge in [0.2, 0.25) is 0 Å². The van der Waals surface area contributed by atoms with Crippen LogP contribution in [0.15, 0.2) is 42.6 Å². The molecule has 1 N–H and O–H groups in total. The standard InChI is InChI=1S/C21H22ClFN6O/c1-14-19(20(22)29(26-14)17-6-3-15(23)4-7-17)21(30)25-16-5-8-18(24-13-16)28-11-9-27(2)10-12-28/h3-8,13H,9-12H2,1-2H3,(H,25,30). The van der Waals surface area contributed by atoms with Crippen molar-refractivity contribution in [3.05, 3.63) is 64.8 Å². The minimum atomic E-state index is -0.375. The number of nitrogens with one attached hydrogen (secondary N) is 1. The second-order valence-electron chi connectivity index (χ2n) is 7.29. The Bertz CT molecular complexity index is 1040. The van der Waals surface area contributed by atoms with Gasteiger partial charge in [0, 0.05) is 26.2 Å². The third-order valence-electron chi connectivity index (χ3n) is 5.14. The highest BCUT2D eigenvalue weighted by molar-refractivity contribution is 6.34. The summed E-state index contributed by atoms with van der Waals surface area (Å²) in [6.07, 6.45) is 1.64. The average Bonchev–Trinajstić information content (AvgIpc) is 3.04. The van der Waals surface area contributed by atoms with E-state index in [1.807, 2.05) is 12.1 Å². The van der Waals surface area contributed by atoms with Gasteiger partial charge in [-0.25, -0.2) is 14.1 Å². The summed E-state index contributed by atoms with van der Waals surface area (Å²) in [5.41, 5.74) is 1.89. The first-order valence-corrected chi connectivity index (χ1v) is 10.0. The Hall–Kier alpha value is -2.97. The van der Waals surface area contributed by atoms with Crippen molar-refractivity contribution in [2.75, 3.05) is 43.4 Å². The topological polar surface area (TPSA) is 66.3 Å². The van der Waals surface area contributed by atoms with Crippen LogP contribution in [-0.4, -0.2) is 58.8 Å². The van der Waals surface area contributed by atoms with E-state index in [1.165, 1.54) is 16.8 Å². The Morgan fingerprint density at radius 3 is 2.43 bits per heavy atom. The van der Waals surface area contributed by atoms with E-state index in [1.54, 1.807) is 25.3 Å². The minimum absolute atomic E-state index is 0.165. The van der Waals surface area contributed by atoms with Crippen molar-refractivity contribution in [2.24, 2.45) is 0 Å². The smallest absolute Gasteiger partial charge is 0.260 e. The number of amides is 1. The zero-order valence-electron chi connectivity index (χ0n) is 16.8. The molecular weight excluding hydrogens is 407 g/mol. The van der Waals surface area contributed by atoms with Crippen LogP contribution in [0.4, 0.5) is 15.9 Å². The fourth-order valence-corrected chi connectivity index (χ4v) is 3.74. The lowest BCUT2D eigenvalue weighted by molar-refractivity contribution is 0.102. The zero-order chi connectivity index (χ0) is 21.3. The summed E-state index contributed by atoms with van der Waals surface area (Å²) in [5, 5.41) is 7.32. The molecule has 1 saturated heterocycles. The second-order valence-corrected chi connectivity index (χ2v) is 7.65. The number of likely N-dealkylation sites (N-methyl/N-ethyl adjacent to an activating group) is 1. The van der Waals surface area contributed by atoms with Gasteiger partial charge in [-0.15, -0.1) is 0 Å². The van der Waals surface area contributed by atoms with Crippen LogP contribution in [0.25, 0.3) is 5.69 Å². The third kappa shape index (κ3) is 4.15. The molecule has 0 unspecified atom stereocenters. The number of nitrogens with zero attached hydrogens (tertiary/aromatic N) is 5. The van der Waals surface area contributed by atoms with Crippen molar-refractivity contribution in [3.63, 3.8) is 0 Å². The molecule has 0 aliphatic carbocycles. The normalized spacial score (nSPS) is 14.7. The largest absolute Gasteiger partial charge is 0.354 e. The van der Waals surface area contributed by atoms with Crippen LogP contribution < -0.4 is 10.2 Å². The van der Waals surface area contributed by atoms with E-state index in [4.69, 9.17) is 11.6 Å². The number of rotatable bonds is 4. The number of halogens is 2. The van der Waals surface area contributed by atoms with E-state index in [2.05, 4.69) is 32.2 Å². The van der Waals surface area contributed by atoms with Gasteiger partial charge in [-0.2, -0.15) is 5.10 Å². The van der Waals surface area contributed by atoms with Gasteiger partial charge < -0.3 is 15.1 Å². The number of anilines is 2. The Morgan fingerprint density at radius 1 is 1.10 bits per heavy atom. The average molecular weight is 429 g/mol. The molecule has 1 amide bonds. The Kier molecular flexibility index (Phi) is 5.69. The van der Waals surface area contributed by atoms with Crippen LogP contribution in [0.1, 0.15) is 16.1 Å². The number of pyridine rings is 1. The predicted octanol–water partition coefficient (Wildman–Crippen LogP) is 3.37. The molecule has 0 saturated carbocycles. The highest BCUT2D eigenvalue weighted by Gasteiger charge is 2.22. The van der Waals surface area contributed by atoms with Gasteiger partial charge in [-0.05, 0) is 50.4 Å². The summed E-state index contributed by atoms with van der Waals surface area (Å²) >= 11 is 6.42. The van der Waals surface area contributed by atoms with Crippen LogP contribution in [-0.2, 0) is 0 Å². The number of aromatic nitrogens is 3. The molecule has 0 radical (unpaired) electrons. The van der Waals surface area contributed by atoms with Crippen molar-refractivity contribution in [3.8, 4) is 5.69 Å². The summed E-state index contributed by atoms with van der Waals surface area (Å²) < 4.78 is 14.6. The predicted molar refractivity (Wildman–Crippen MR) is 115 cm³/mol. The number of carbonyl (C=O) groups excluding carboxylic acids is 1. The molecule has 3 heterocycles. The number of aryl methyl sites for hydroxylation is 1. The highest BCUT2D eigenvalue weighted by Crippen LogP contribution is 2.25. The summed E-state index contributed by atoms with van der Waals surface area (Å²) in [7, 11) is 2.11. The van der Waals surface area contributed by atoms with Gasteiger partial charge in [0.05, 0.1) is 23.3 Å². The Balaban J connectivity index is 1.49. The minimum Gasteiger partial charge on any atom is -0.354 e. The fraction of sp³-hybridized carbons (Fsp3) is 0.286. The van der Waals surface area contributed by atoms with Crippen LogP contribution in [0.5, 0.6) is 0 Å². The highest BCUT2D eigenvalue weighted by atomic mass is 35.5. The first kappa shape index (κ1) is 20.3. The Morgan fingerprint density at radius 2 is 1.80 bits per heavy atom. The Labute approximate surface area is 179 Å². The number of carbonyl (C=O) groups is 1. The van der Waals surface area contributed by atoms with Crippen molar-refractivity contribution >= 4 is 29.0 Å². The first-order valence-electron chi connectivity index (χ1n) is 9.64. The molecule has 0 bridgehead atoms. The molecule has 2 aromatic heterocycles. The van der Waals surface area contributed by atoms with Crippen molar-refractivity contribution in [1.82, 2.24) is 19.7 Å². The molecule has 0 atom stereocenters. The molecule has 9 heteroatoms. The van der Waals surface area contributed by atoms with Crippen LogP contribution in [0.3, 0.4) is 0 Å². The van der Waals surface area contributed by atoms with E-state index >= 15 is 0 Å². The van der Waals surface area contributed by atoms with Gasteiger partial charge in [0.25, 0.3) is 5.91 Å². The van der Waals surface area contributed by atoms with Crippen LogP contribution >= 0.6 is 11.6 Å². The molecule has 30 heavy (non-hydrogen) atoms. The third-order valence-corrected chi connectivity index (χ3v) is 5.48. The van der Waals surface area contributed by atoms with E-state index < -0.39 is 0 Å². The lowest BCUT2D eigenvalue weighted by Gasteiger charge is -2.33.